The Bertz CT molecular complexity index is 457. The lowest BCUT2D eigenvalue weighted by Crippen LogP contribution is -2.58. The average Bonchev–Trinajstić information content (AvgIpc) is 2.69. The van der Waals surface area contributed by atoms with Gasteiger partial charge in [-0.15, -0.1) is 0 Å². The Kier molecular flexibility index (Phi) is 5.45. The molecule has 0 heterocycles. The molecular weight excluding hydrogens is 256 g/mol. The monoisotopic (exact) mass is 288 g/mol. The number of nitrogens with two attached hydrogens (primary N) is 1. The minimum atomic E-state index is 0.173. The van der Waals surface area contributed by atoms with Gasteiger partial charge in [0.1, 0.15) is 0 Å². The summed E-state index contributed by atoms with van der Waals surface area (Å²) in [6, 6.07) is 6.95. The van der Waals surface area contributed by atoms with Crippen LogP contribution in [0.15, 0.2) is 18.2 Å². The SMILES string of the molecule is Cc1ccc(C)c(CC(N)C2(N(C)C)CCCCCC2)c1. The van der Waals surface area contributed by atoms with Crippen LogP contribution in [0, 0.1) is 13.8 Å². The second-order valence-corrected chi connectivity index (χ2v) is 7.15. The zero-order valence-electron chi connectivity index (χ0n) is 14.3. The van der Waals surface area contributed by atoms with Crippen LogP contribution in [0.3, 0.4) is 0 Å². The Hall–Kier alpha value is -0.860. The first kappa shape index (κ1) is 16.5. The van der Waals surface area contributed by atoms with Crippen molar-refractivity contribution in [1.29, 1.82) is 0 Å². The van der Waals surface area contributed by atoms with Crippen molar-refractivity contribution in [1.82, 2.24) is 4.90 Å². The number of hydrogen-bond acceptors (Lipinski definition) is 2. The van der Waals surface area contributed by atoms with E-state index in [9.17, 15) is 0 Å². The summed E-state index contributed by atoms with van der Waals surface area (Å²) in [6.45, 7) is 4.37. The molecule has 1 atom stereocenters. The van der Waals surface area contributed by atoms with Crippen molar-refractivity contribution >= 4 is 0 Å². The average molecular weight is 288 g/mol. The smallest absolute Gasteiger partial charge is 0.0357 e. The highest BCUT2D eigenvalue weighted by molar-refractivity contribution is 5.31. The number of aryl methyl sites for hydroxylation is 2. The van der Waals surface area contributed by atoms with Gasteiger partial charge in [-0.05, 0) is 58.3 Å². The minimum Gasteiger partial charge on any atom is -0.326 e. The molecule has 1 aromatic rings. The van der Waals surface area contributed by atoms with Crippen molar-refractivity contribution in [3.8, 4) is 0 Å². The molecule has 1 fully saturated rings. The molecule has 0 spiro atoms. The molecule has 1 aliphatic carbocycles. The van der Waals surface area contributed by atoms with Crippen molar-refractivity contribution in [2.24, 2.45) is 5.73 Å². The maximum absolute atomic E-state index is 6.76. The molecule has 1 aliphatic rings. The van der Waals surface area contributed by atoms with Crippen LogP contribution in [0.5, 0.6) is 0 Å². The Morgan fingerprint density at radius 2 is 1.71 bits per heavy atom. The molecule has 1 saturated carbocycles. The summed E-state index contributed by atoms with van der Waals surface area (Å²) in [4.78, 5) is 2.41. The normalized spacial score (nSPS) is 20.3. The van der Waals surface area contributed by atoms with Gasteiger partial charge in [0.2, 0.25) is 0 Å². The van der Waals surface area contributed by atoms with Gasteiger partial charge in [0.15, 0.2) is 0 Å². The molecular formula is C19H32N2. The van der Waals surface area contributed by atoms with Crippen molar-refractivity contribution in [3.63, 3.8) is 0 Å². The van der Waals surface area contributed by atoms with E-state index in [1.807, 2.05) is 0 Å². The molecule has 1 aromatic carbocycles. The highest BCUT2D eigenvalue weighted by Crippen LogP contribution is 2.34. The predicted molar refractivity (Wildman–Crippen MR) is 91.7 cm³/mol. The third-order valence-electron chi connectivity index (χ3n) is 5.49. The van der Waals surface area contributed by atoms with Gasteiger partial charge in [0.25, 0.3) is 0 Å². The van der Waals surface area contributed by atoms with Crippen molar-refractivity contribution < 1.29 is 0 Å². The molecule has 1 unspecified atom stereocenters. The molecule has 21 heavy (non-hydrogen) atoms. The summed E-state index contributed by atoms with van der Waals surface area (Å²) >= 11 is 0. The topological polar surface area (TPSA) is 29.3 Å². The second-order valence-electron chi connectivity index (χ2n) is 7.15. The van der Waals surface area contributed by atoms with Gasteiger partial charge < -0.3 is 10.6 Å². The molecule has 0 amide bonds. The van der Waals surface area contributed by atoms with E-state index >= 15 is 0 Å². The molecule has 0 radical (unpaired) electrons. The van der Waals surface area contributed by atoms with Gasteiger partial charge >= 0.3 is 0 Å². The van der Waals surface area contributed by atoms with Gasteiger partial charge in [-0.1, -0.05) is 49.4 Å². The van der Waals surface area contributed by atoms with Gasteiger partial charge in [0.05, 0.1) is 0 Å². The van der Waals surface area contributed by atoms with E-state index in [2.05, 4.69) is 51.0 Å². The standard InChI is InChI=1S/C19H32N2/c1-15-9-10-16(2)17(13-15)14-18(20)19(21(3)4)11-7-5-6-8-12-19/h9-10,13,18H,5-8,11-12,14,20H2,1-4H3. The molecule has 2 N–H and O–H groups in total. The fourth-order valence-electron chi connectivity index (χ4n) is 3.94. The van der Waals surface area contributed by atoms with Gasteiger partial charge in [0, 0.05) is 11.6 Å². The second kappa shape index (κ2) is 6.93. The molecule has 2 heteroatoms. The Balaban J connectivity index is 2.22. The maximum atomic E-state index is 6.76. The van der Waals surface area contributed by atoms with Crippen LogP contribution in [-0.4, -0.2) is 30.6 Å². The number of rotatable bonds is 4. The molecule has 0 aliphatic heterocycles. The first-order valence-corrected chi connectivity index (χ1v) is 8.45. The lowest BCUT2D eigenvalue weighted by molar-refractivity contribution is 0.0967. The van der Waals surface area contributed by atoms with Crippen molar-refractivity contribution in [3.05, 3.63) is 34.9 Å². The highest BCUT2D eigenvalue weighted by Gasteiger charge is 2.38. The summed E-state index contributed by atoms with van der Waals surface area (Å²) in [7, 11) is 4.43. The number of nitrogens with zero attached hydrogens (tertiary/aromatic N) is 1. The zero-order chi connectivity index (χ0) is 15.5. The third-order valence-corrected chi connectivity index (χ3v) is 5.49. The highest BCUT2D eigenvalue weighted by atomic mass is 15.2. The number of likely N-dealkylation sites (N-methyl/N-ethyl adjacent to an activating group) is 1. The fraction of sp³-hybridized carbons (Fsp3) is 0.684. The molecule has 0 saturated heterocycles. The molecule has 2 rings (SSSR count). The van der Waals surface area contributed by atoms with E-state index in [0.717, 1.165) is 6.42 Å². The van der Waals surface area contributed by atoms with E-state index in [-0.39, 0.29) is 11.6 Å². The van der Waals surface area contributed by atoms with Crippen molar-refractivity contribution in [2.45, 2.75) is 70.4 Å². The third kappa shape index (κ3) is 3.67. The predicted octanol–water partition coefficient (Wildman–Crippen LogP) is 3.83. The quantitative estimate of drug-likeness (QED) is 0.853. The van der Waals surface area contributed by atoms with E-state index in [4.69, 9.17) is 5.73 Å². The van der Waals surface area contributed by atoms with Crippen molar-refractivity contribution in [2.75, 3.05) is 14.1 Å². The fourth-order valence-corrected chi connectivity index (χ4v) is 3.94. The minimum absolute atomic E-state index is 0.173. The Morgan fingerprint density at radius 1 is 1.10 bits per heavy atom. The van der Waals surface area contributed by atoms with Crippen LogP contribution in [0.25, 0.3) is 0 Å². The Morgan fingerprint density at radius 3 is 2.29 bits per heavy atom. The number of hydrogen-bond donors (Lipinski definition) is 1. The van der Waals surface area contributed by atoms with Crippen LogP contribution in [0.2, 0.25) is 0 Å². The Labute approximate surface area is 130 Å². The maximum Gasteiger partial charge on any atom is 0.0357 e. The molecule has 2 nitrogen and oxygen atoms in total. The largest absolute Gasteiger partial charge is 0.326 e. The van der Waals surface area contributed by atoms with Gasteiger partial charge in [-0.3, -0.25) is 0 Å². The van der Waals surface area contributed by atoms with Crippen LogP contribution >= 0.6 is 0 Å². The summed E-state index contributed by atoms with van der Waals surface area (Å²) in [5.41, 5.74) is 11.1. The lowest BCUT2D eigenvalue weighted by atomic mass is 9.78. The van der Waals surface area contributed by atoms with E-state index in [1.54, 1.807) is 0 Å². The van der Waals surface area contributed by atoms with Crippen LogP contribution in [-0.2, 0) is 6.42 Å². The lowest BCUT2D eigenvalue weighted by Gasteiger charge is -2.44. The van der Waals surface area contributed by atoms with E-state index < -0.39 is 0 Å². The molecule has 118 valence electrons. The van der Waals surface area contributed by atoms with E-state index in [1.165, 1.54) is 55.2 Å². The summed E-state index contributed by atoms with van der Waals surface area (Å²) in [5.74, 6) is 0. The zero-order valence-corrected chi connectivity index (χ0v) is 14.3. The summed E-state index contributed by atoms with van der Waals surface area (Å²) in [5, 5.41) is 0. The van der Waals surface area contributed by atoms with Gasteiger partial charge in [-0.2, -0.15) is 0 Å². The van der Waals surface area contributed by atoms with Crippen LogP contribution in [0.4, 0.5) is 0 Å². The summed E-state index contributed by atoms with van der Waals surface area (Å²) in [6.07, 6.45) is 8.85. The van der Waals surface area contributed by atoms with Gasteiger partial charge in [-0.25, -0.2) is 0 Å². The first-order chi connectivity index (χ1) is 9.95. The summed E-state index contributed by atoms with van der Waals surface area (Å²) < 4.78 is 0. The van der Waals surface area contributed by atoms with Crippen LogP contribution in [0.1, 0.15) is 55.2 Å². The first-order valence-electron chi connectivity index (χ1n) is 8.45. The molecule has 0 bridgehead atoms. The molecule has 0 aromatic heterocycles. The van der Waals surface area contributed by atoms with Crippen LogP contribution < -0.4 is 5.73 Å². The van der Waals surface area contributed by atoms with E-state index in [0.29, 0.717) is 0 Å². The number of benzene rings is 1.